The van der Waals surface area contributed by atoms with E-state index in [4.69, 9.17) is 4.74 Å². The summed E-state index contributed by atoms with van der Waals surface area (Å²) < 4.78 is 5.72. The van der Waals surface area contributed by atoms with Gasteiger partial charge in [-0.1, -0.05) is 26.0 Å². The van der Waals surface area contributed by atoms with Gasteiger partial charge in [0.1, 0.15) is 5.75 Å². The zero-order valence-electron chi connectivity index (χ0n) is 16.5. The van der Waals surface area contributed by atoms with Crippen LogP contribution in [0.15, 0.2) is 24.3 Å². The lowest BCUT2D eigenvalue weighted by atomic mass is 9.83. The summed E-state index contributed by atoms with van der Waals surface area (Å²) in [5, 5.41) is 6.43. The Bertz CT molecular complexity index is 540. The van der Waals surface area contributed by atoms with Gasteiger partial charge in [-0.25, -0.2) is 0 Å². The van der Waals surface area contributed by atoms with E-state index in [1.54, 1.807) is 0 Å². The number of halogens is 1. The molecule has 0 saturated carbocycles. The number of rotatable bonds is 8. The summed E-state index contributed by atoms with van der Waals surface area (Å²) in [4.78, 5) is 15.0. The largest absolute Gasteiger partial charge is 0.493 e. The molecular weight excluding hydrogens is 350 g/mol. The topological polar surface area (TPSA) is 53.6 Å². The predicted molar refractivity (Wildman–Crippen MR) is 109 cm³/mol. The van der Waals surface area contributed by atoms with E-state index in [1.165, 1.54) is 0 Å². The van der Waals surface area contributed by atoms with E-state index >= 15 is 0 Å². The Hall–Kier alpha value is -1.30. The van der Waals surface area contributed by atoms with Crippen LogP contribution in [0.5, 0.6) is 5.75 Å². The van der Waals surface area contributed by atoms with Crippen molar-refractivity contribution in [3.8, 4) is 5.75 Å². The van der Waals surface area contributed by atoms with Gasteiger partial charge in [-0.3, -0.25) is 9.69 Å². The Morgan fingerprint density at radius 1 is 1.23 bits per heavy atom. The average molecular weight is 384 g/mol. The Morgan fingerprint density at radius 3 is 2.42 bits per heavy atom. The molecule has 6 heteroatoms. The lowest BCUT2D eigenvalue weighted by molar-refractivity contribution is -0.125. The molecule has 1 fully saturated rings. The molecule has 1 saturated heterocycles. The first-order valence-corrected chi connectivity index (χ1v) is 9.34. The molecule has 1 heterocycles. The lowest BCUT2D eigenvalue weighted by Gasteiger charge is -2.28. The van der Waals surface area contributed by atoms with Crippen LogP contribution in [0.4, 0.5) is 0 Å². The SMILES string of the molecule is CC(C)COc1ccc(C(C)(C)C(=O)NCCN2CCNCC2)cc1.Cl. The third kappa shape index (κ3) is 6.78. The van der Waals surface area contributed by atoms with Crippen LogP contribution in [0.25, 0.3) is 0 Å². The van der Waals surface area contributed by atoms with Crippen LogP contribution in [0.3, 0.4) is 0 Å². The van der Waals surface area contributed by atoms with Crippen molar-refractivity contribution in [2.45, 2.75) is 33.1 Å². The van der Waals surface area contributed by atoms with E-state index in [0.717, 1.165) is 44.0 Å². The Balaban J connectivity index is 0.00000338. The number of piperazine rings is 1. The predicted octanol–water partition coefficient (Wildman–Crippen LogP) is 2.44. The van der Waals surface area contributed by atoms with Crippen LogP contribution in [-0.2, 0) is 10.2 Å². The molecule has 1 aliphatic heterocycles. The second-order valence-corrected chi connectivity index (χ2v) is 7.70. The average Bonchev–Trinajstić information content (AvgIpc) is 2.61. The number of hydrogen-bond acceptors (Lipinski definition) is 4. The van der Waals surface area contributed by atoms with Gasteiger partial charge < -0.3 is 15.4 Å². The highest BCUT2D eigenvalue weighted by molar-refractivity contribution is 5.87. The Labute approximate surface area is 164 Å². The fourth-order valence-corrected chi connectivity index (χ4v) is 2.85. The molecule has 0 aliphatic carbocycles. The molecule has 0 radical (unpaired) electrons. The van der Waals surface area contributed by atoms with Crippen molar-refractivity contribution >= 4 is 18.3 Å². The highest BCUT2D eigenvalue weighted by Gasteiger charge is 2.29. The second-order valence-electron chi connectivity index (χ2n) is 7.70. The normalized spacial score (nSPS) is 15.4. The minimum atomic E-state index is -0.556. The minimum Gasteiger partial charge on any atom is -0.493 e. The molecule has 0 spiro atoms. The van der Waals surface area contributed by atoms with Gasteiger partial charge in [-0.05, 0) is 37.5 Å². The number of carbonyl (C=O) groups is 1. The van der Waals surface area contributed by atoms with Crippen LogP contribution >= 0.6 is 12.4 Å². The molecule has 2 rings (SSSR count). The molecule has 1 amide bonds. The number of benzene rings is 1. The lowest BCUT2D eigenvalue weighted by Crippen LogP contribution is -2.48. The molecule has 0 atom stereocenters. The monoisotopic (exact) mass is 383 g/mol. The van der Waals surface area contributed by atoms with Crippen LogP contribution < -0.4 is 15.4 Å². The number of amides is 1. The summed E-state index contributed by atoms with van der Waals surface area (Å²) in [6.45, 7) is 14.7. The van der Waals surface area contributed by atoms with Crippen molar-refractivity contribution in [2.75, 3.05) is 45.9 Å². The number of hydrogen-bond donors (Lipinski definition) is 2. The standard InChI is InChI=1S/C20H33N3O2.ClH/c1-16(2)15-25-18-7-5-17(6-8-18)20(3,4)19(24)22-11-14-23-12-9-21-10-13-23;/h5-8,16,21H,9-15H2,1-4H3,(H,22,24);1H. The van der Waals surface area contributed by atoms with E-state index in [-0.39, 0.29) is 18.3 Å². The fourth-order valence-electron chi connectivity index (χ4n) is 2.85. The van der Waals surface area contributed by atoms with Crippen molar-refractivity contribution in [3.05, 3.63) is 29.8 Å². The molecule has 26 heavy (non-hydrogen) atoms. The van der Waals surface area contributed by atoms with Crippen molar-refractivity contribution in [1.82, 2.24) is 15.5 Å². The highest BCUT2D eigenvalue weighted by atomic mass is 35.5. The summed E-state index contributed by atoms with van der Waals surface area (Å²) in [6, 6.07) is 7.89. The van der Waals surface area contributed by atoms with Gasteiger partial charge in [0.25, 0.3) is 0 Å². The third-order valence-corrected chi connectivity index (χ3v) is 4.65. The van der Waals surface area contributed by atoms with E-state index in [9.17, 15) is 4.79 Å². The minimum absolute atomic E-state index is 0. The summed E-state index contributed by atoms with van der Waals surface area (Å²) in [6.07, 6.45) is 0. The Morgan fingerprint density at radius 2 is 1.85 bits per heavy atom. The van der Waals surface area contributed by atoms with Crippen molar-refractivity contribution in [1.29, 1.82) is 0 Å². The number of ether oxygens (including phenoxy) is 1. The van der Waals surface area contributed by atoms with E-state index in [1.807, 2.05) is 38.1 Å². The van der Waals surface area contributed by atoms with Crippen molar-refractivity contribution < 1.29 is 9.53 Å². The van der Waals surface area contributed by atoms with Gasteiger partial charge in [0, 0.05) is 39.3 Å². The second kappa shape index (κ2) is 10.8. The van der Waals surface area contributed by atoms with Crippen molar-refractivity contribution in [3.63, 3.8) is 0 Å². The number of carbonyl (C=O) groups excluding carboxylic acids is 1. The summed E-state index contributed by atoms with van der Waals surface area (Å²) in [5.41, 5.74) is 0.448. The zero-order valence-corrected chi connectivity index (χ0v) is 17.3. The van der Waals surface area contributed by atoms with Crippen LogP contribution in [-0.4, -0.2) is 56.7 Å². The number of nitrogens with zero attached hydrogens (tertiary/aromatic N) is 1. The summed E-state index contributed by atoms with van der Waals surface area (Å²) >= 11 is 0. The molecule has 148 valence electrons. The van der Waals surface area contributed by atoms with Crippen LogP contribution in [0.2, 0.25) is 0 Å². The third-order valence-electron chi connectivity index (χ3n) is 4.65. The van der Waals surface area contributed by atoms with Gasteiger partial charge in [0.05, 0.1) is 12.0 Å². The molecule has 2 N–H and O–H groups in total. The van der Waals surface area contributed by atoms with E-state index in [2.05, 4.69) is 29.4 Å². The molecule has 0 bridgehead atoms. The van der Waals surface area contributed by atoms with Crippen molar-refractivity contribution in [2.24, 2.45) is 5.92 Å². The van der Waals surface area contributed by atoms with E-state index in [0.29, 0.717) is 19.1 Å². The van der Waals surface area contributed by atoms with Gasteiger partial charge in [0.2, 0.25) is 5.91 Å². The highest BCUT2D eigenvalue weighted by Crippen LogP contribution is 2.25. The molecule has 0 aromatic heterocycles. The maximum Gasteiger partial charge on any atom is 0.230 e. The molecule has 0 unspecified atom stereocenters. The van der Waals surface area contributed by atoms with Gasteiger partial charge in [-0.2, -0.15) is 0 Å². The quantitative estimate of drug-likeness (QED) is 0.724. The van der Waals surface area contributed by atoms with Crippen LogP contribution in [0.1, 0.15) is 33.3 Å². The molecule has 1 aliphatic rings. The van der Waals surface area contributed by atoms with Gasteiger partial charge >= 0.3 is 0 Å². The Kier molecular flexibility index (Phi) is 9.41. The van der Waals surface area contributed by atoms with Gasteiger partial charge in [0.15, 0.2) is 0 Å². The van der Waals surface area contributed by atoms with Gasteiger partial charge in [-0.15, -0.1) is 12.4 Å². The maximum atomic E-state index is 12.6. The summed E-state index contributed by atoms with van der Waals surface area (Å²) in [5.74, 6) is 1.42. The first kappa shape index (κ1) is 22.7. The number of nitrogens with one attached hydrogen (secondary N) is 2. The maximum absolute atomic E-state index is 12.6. The van der Waals surface area contributed by atoms with E-state index < -0.39 is 5.41 Å². The molecule has 1 aromatic carbocycles. The summed E-state index contributed by atoms with van der Waals surface area (Å²) in [7, 11) is 0. The molecule has 1 aromatic rings. The zero-order chi connectivity index (χ0) is 18.3. The fraction of sp³-hybridized carbons (Fsp3) is 0.650. The first-order valence-electron chi connectivity index (χ1n) is 9.34. The molecular formula is C20H34ClN3O2. The van der Waals surface area contributed by atoms with Crippen LogP contribution in [0, 0.1) is 5.92 Å². The first-order chi connectivity index (χ1) is 11.9. The smallest absolute Gasteiger partial charge is 0.230 e. The molecule has 5 nitrogen and oxygen atoms in total.